The maximum absolute atomic E-state index is 7.99. The van der Waals surface area contributed by atoms with Gasteiger partial charge in [-0.25, -0.2) is 0 Å². The van der Waals surface area contributed by atoms with E-state index in [9.17, 15) is 0 Å². The summed E-state index contributed by atoms with van der Waals surface area (Å²) in [5, 5.41) is 7.99. The van der Waals surface area contributed by atoms with Crippen molar-refractivity contribution in [3.05, 3.63) is 6.61 Å². The third kappa shape index (κ3) is 5.52. The first-order chi connectivity index (χ1) is 3.41. The Morgan fingerprint density at radius 3 is 2.86 bits per heavy atom. The second-order valence-corrected chi connectivity index (χ2v) is 1.20. The van der Waals surface area contributed by atoms with Crippen LogP contribution in [0.25, 0.3) is 0 Å². The van der Waals surface area contributed by atoms with Crippen LogP contribution >= 0.6 is 0 Å². The van der Waals surface area contributed by atoms with Crippen molar-refractivity contribution in [1.29, 1.82) is 0 Å². The van der Waals surface area contributed by atoms with Crippen LogP contribution in [0.5, 0.6) is 0 Å². The van der Waals surface area contributed by atoms with Gasteiger partial charge in [-0.1, -0.05) is 12.8 Å². The van der Waals surface area contributed by atoms with E-state index in [1.807, 2.05) is 6.92 Å². The molecule has 1 N–H and O–H groups in total. The summed E-state index contributed by atoms with van der Waals surface area (Å²) in [6.45, 7) is 2.92. The lowest BCUT2D eigenvalue weighted by Gasteiger charge is -1.73. The maximum atomic E-state index is 7.99. The molecule has 0 aliphatic carbocycles. The van der Waals surface area contributed by atoms with Gasteiger partial charge >= 0.3 is 0 Å². The van der Waals surface area contributed by atoms with Crippen LogP contribution in [0.4, 0.5) is 0 Å². The van der Waals surface area contributed by atoms with Crippen LogP contribution in [0.15, 0.2) is 0 Å². The van der Waals surface area contributed by atoms with E-state index in [0.717, 1.165) is 19.4 Å². The highest BCUT2D eigenvalue weighted by molar-refractivity contribution is 5.04. The van der Waals surface area contributed by atoms with E-state index in [4.69, 9.17) is 5.11 Å². The summed E-state index contributed by atoms with van der Waals surface area (Å²) in [6, 6.07) is 0. The fourth-order valence-corrected chi connectivity index (χ4v) is 0.243. The van der Waals surface area contributed by atoms with Gasteiger partial charge in [0.15, 0.2) is 6.61 Å². The predicted octanol–water partition coefficient (Wildman–Crippen LogP) is 1.32. The molecular formula is C6H9O. The molecule has 0 rings (SSSR count). The van der Waals surface area contributed by atoms with Gasteiger partial charge in [0.25, 0.3) is 0 Å². The first kappa shape index (κ1) is 6.52. The van der Waals surface area contributed by atoms with Crippen molar-refractivity contribution in [1.82, 2.24) is 0 Å². The van der Waals surface area contributed by atoms with Crippen molar-refractivity contribution in [2.24, 2.45) is 0 Å². The van der Waals surface area contributed by atoms with E-state index in [1.54, 1.807) is 0 Å². The topological polar surface area (TPSA) is 20.2 Å². The van der Waals surface area contributed by atoms with Crippen LogP contribution in [-0.2, 0) is 0 Å². The molecule has 0 saturated carbocycles. The summed E-state index contributed by atoms with van der Waals surface area (Å²) in [6.07, 6.45) is 1.93. The number of aliphatic hydroxyl groups excluding tert-OH is 1. The van der Waals surface area contributed by atoms with E-state index < -0.39 is 0 Å². The molecule has 1 nitrogen and oxygen atoms in total. The highest BCUT2D eigenvalue weighted by atomic mass is 16.2. The van der Waals surface area contributed by atoms with E-state index >= 15 is 0 Å². The van der Waals surface area contributed by atoms with Gasteiger partial charge in [-0.3, -0.25) is 0 Å². The lowest BCUT2D eigenvalue weighted by molar-refractivity contribution is 0.427. The van der Waals surface area contributed by atoms with Crippen LogP contribution in [0.3, 0.4) is 0 Å². The molecule has 1 heteroatoms. The molecule has 39 valence electrons. The molecule has 0 aliphatic heterocycles. The Hall–Kier alpha value is -0.480. The number of hydrogen-bond acceptors (Lipinski definition) is 1. The highest BCUT2D eigenvalue weighted by Gasteiger charge is 1.66. The third-order valence-corrected chi connectivity index (χ3v) is 0.542. The van der Waals surface area contributed by atoms with E-state index in [2.05, 4.69) is 11.8 Å². The molecule has 0 aliphatic rings. The molecule has 0 spiro atoms. The molecule has 1 radical (unpaired) electrons. The molecule has 7 heavy (non-hydrogen) atoms. The van der Waals surface area contributed by atoms with Gasteiger partial charge in [-0.05, 0) is 6.42 Å². The fraction of sp³-hybridized carbons (Fsp3) is 0.500. The zero-order valence-corrected chi connectivity index (χ0v) is 4.44. The van der Waals surface area contributed by atoms with Gasteiger partial charge in [-0.2, -0.15) is 0 Å². The Kier molecular flexibility index (Phi) is 5.14. The Morgan fingerprint density at radius 2 is 2.43 bits per heavy atom. The smallest absolute Gasteiger partial charge is 0.151 e. The van der Waals surface area contributed by atoms with Gasteiger partial charge in [0.2, 0.25) is 0 Å². The normalized spacial score (nSPS) is 7.14. The van der Waals surface area contributed by atoms with E-state index in [0.29, 0.717) is 0 Å². The van der Waals surface area contributed by atoms with Crippen LogP contribution < -0.4 is 0 Å². The lowest BCUT2D eigenvalue weighted by atomic mass is 10.3. The SMILES string of the molecule is CCCC#C[CH]O. The fourth-order valence-electron chi connectivity index (χ4n) is 0.243. The van der Waals surface area contributed by atoms with E-state index in [-0.39, 0.29) is 0 Å². The van der Waals surface area contributed by atoms with Gasteiger partial charge in [0, 0.05) is 6.42 Å². The molecule has 0 unspecified atom stereocenters. The average Bonchev–Trinajstić information content (AvgIpc) is 1.69. The number of hydrogen-bond donors (Lipinski definition) is 1. The molecule has 0 aromatic rings. The van der Waals surface area contributed by atoms with E-state index in [1.165, 1.54) is 0 Å². The third-order valence-electron chi connectivity index (χ3n) is 0.542. The molecule has 0 atom stereocenters. The largest absolute Gasteiger partial charge is 0.377 e. The zero-order chi connectivity index (χ0) is 5.54. The van der Waals surface area contributed by atoms with Crippen LogP contribution in [-0.4, -0.2) is 5.11 Å². The Balaban J connectivity index is 2.91. The zero-order valence-electron chi connectivity index (χ0n) is 4.44. The maximum Gasteiger partial charge on any atom is 0.151 e. The minimum Gasteiger partial charge on any atom is -0.377 e. The van der Waals surface area contributed by atoms with Crippen molar-refractivity contribution >= 4 is 0 Å². The summed E-state index contributed by atoms with van der Waals surface area (Å²) in [4.78, 5) is 0. The van der Waals surface area contributed by atoms with Gasteiger partial charge in [-0.15, -0.1) is 5.92 Å². The minimum atomic E-state index is 0.871. The van der Waals surface area contributed by atoms with Crippen molar-refractivity contribution in [3.63, 3.8) is 0 Å². The molecule has 0 bridgehead atoms. The minimum absolute atomic E-state index is 0.871. The lowest BCUT2D eigenvalue weighted by Crippen LogP contribution is -1.63. The van der Waals surface area contributed by atoms with Crippen LogP contribution in [0.2, 0.25) is 0 Å². The quantitative estimate of drug-likeness (QED) is 0.489. The van der Waals surface area contributed by atoms with Crippen molar-refractivity contribution < 1.29 is 5.11 Å². The first-order valence-corrected chi connectivity index (χ1v) is 2.36. The molecule has 0 amide bonds. The molecule has 0 fully saturated rings. The number of rotatable bonds is 1. The summed E-state index contributed by atoms with van der Waals surface area (Å²) in [7, 11) is 0. The monoisotopic (exact) mass is 97.1 g/mol. The van der Waals surface area contributed by atoms with Crippen molar-refractivity contribution in [2.45, 2.75) is 19.8 Å². The number of unbranched alkanes of at least 4 members (excludes halogenated alkanes) is 1. The second-order valence-electron chi connectivity index (χ2n) is 1.20. The molecular weight excluding hydrogens is 88.1 g/mol. The number of aliphatic hydroxyl groups is 1. The Bertz CT molecular complexity index is 75.9. The second kappa shape index (κ2) is 5.52. The van der Waals surface area contributed by atoms with Crippen LogP contribution in [0, 0.1) is 18.4 Å². The Labute approximate surface area is 44.4 Å². The summed E-state index contributed by atoms with van der Waals surface area (Å²) >= 11 is 0. The van der Waals surface area contributed by atoms with Gasteiger partial charge in [0.05, 0.1) is 0 Å². The molecule has 0 saturated heterocycles. The molecule has 0 heterocycles. The summed E-state index contributed by atoms with van der Waals surface area (Å²) in [5.41, 5.74) is 0. The molecule has 0 aromatic carbocycles. The predicted molar refractivity (Wildman–Crippen MR) is 28.9 cm³/mol. The summed E-state index contributed by atoms with van der Waals surface area (Å²) in [5.74, 6) is 5.16. The highest BCUT2D eigenvalue weighted by Crippen LogP contribution is 1.80. The van der Waals surface area contributed by atoms with Crippen LogP contribution in [0.1, 0.15) is 19.8 Å². The average molecular weight is 97.1 g/mol. The van der Waals surface area contributed by atoms with Crippen molar-refractivity contribution in [3.8, 4) is 11.8 Å². The van der Waals surface area contributed by atoms with Gasteiger partial charge < -0.3 is 5.11 Å². The van der Waals surface area contributed by atoms with Gasteiger partial charge in [0.1, 0.15) is 0 Å². The Morgan fingerprint density at radius 1 is 1.71 bits per heavy atom. The first-order valence-electron chi connectivity index (χ1n) is 2.36. The summed E-state index contributed by atoms with van der Waals surface area (Å²) < 4.78 is 0. The van der Waals surface area contributed by atoms with Crippen molar-refractivity contribution in [2.75, 3.05) is 0 Å². The molecule has 0 aromatic heterocycles. The standard InChI is InChI=1S/C6H9O/c1-2-3-4-5-6-7/h6-7H,2-3H2,1H3.